The van der Waals surface area contributed by atoms with Crippen LogP contribution in [0.2, 0.25) is 0 Å². The first-order valence-corrected chi connectivity index (χ1v) is 4.54. The monoisotopic (exact) mass is 193 g/mol. The van der Waals surface area contributed by atoms with Crippen LogP contribution in [0.3, 0.4) is 0 Å². The number of nitrogens with zero attached hydrogens (tertiary/aromatic N) is 1. The maximum Gasteiger partial charge on any atom is 0.142 e. The zero-order chi connectivity index (χ0) is 10.1. The molecule has 0 aliphatic rings. The number of nitrogens with two attached hydrogens (primary N) is 1. The number of nitrogens with one attached hydrogen (secondary N) is 1. The number of pyridine rings is 1. The van der Waals surface area contributed by atoms with Gasteiger partial charge in [-0.15, -0.1) is 0 Å². The molecule has 0 spiro atoms. The Labute approximate surface area is 81.1 Å². The average molecular weight is 193 g/mol. The summed E-state index contributed by atoms with van der Waals surface area (Å²) in [5.74, 6) is -0.317. The van der Waals surface area contributed by atoms with Gasteiger partial charge in [0.05, 0.1) is 6.20 Å². The van der Waals surface area contributed by atoms with Gasteiger partial charge in [0.15, 0.2) is 0 Å². The smallest absolute Gasteiger partial charge is 0.142 e. The molecule has 2 rings (SSSR count). The van der Waals surface area contributed by atoms with Crippen molar-refractivity contribution in [2.75, 3.05) is 0 Å². The minimum absolute atomic E-state index is 0.0669. The molecule has 1 atom stereocenters. The number of halogens is 1. The maximum atomic E-state index is 12.9. The summed E-state index contributed by atoms with van der Waals surface area (Å²) < 4.78 is 12.9. The molecule has 0 aromatic carbocycles. The van der Waals surface area contributed by atoms with Gasteiger partial charge in [-0.2, -0.15) is 0 Å². The average Bonchev–Trinajstić information content (AvgIpc) is 2.47. The van der Waals surface area contributed by atoms with Crippen LogP contribution in [-0.2, 0) is 6.42 Å². The van der Waals surface area contributed by atoms with Gasteiger partial charge in [0.25, 0.3) is 0 Å². The van der Waals surface area contributed by atoms with E-state index in [9.17, 15) is 4.39 Å². The molecule has 1 unspecified atom stereocenters. The molecule has 14 heavy (non-hydrogen) atoms. The molecule has 0 saturated heterocycles. The topological polar surface area (TPSA) is 54.7 Å². The van der Waals surface area contributed by atoms with Crippen LogP contribution in [0.1, 0.15) is 12.5 Å². The van der Waals surface area contributed by atoms with E-state index < -0.39 is 0 Å². The number of hydrogen-bond acceptors (Lipinski definition) is 2. The summed E-state index contributed by atoms with van der Waals surface area (Å²) in [6, 6.07) is 1.55. The Bertz CT molecular complexity index is 448. The highest BCUT2D eigenvalue weighted by Crippen LogP contribution is 2.18. The lowest BCUT2D eigenvalue weighted by Crippen LogP contribution is -2.17. The largest absolute Gasteiger partial charge is 0.346 e. The van der Waals surface area contributed by atoms with Crippen molar-refractivity contribution in [1.82, 2.24) is 9.97 Å². The lowest BCUT2D eigenvalue weighted by Gasteiger charge is -2.02. The second-order valence-electron chi connectivity index (χ2n) is 3.55. The third kappa shape index (κ3) is 1.61. The van der Waals surface area contributed by atoms with Gasteiger partial charge in [0.2, 0.25) is 0 Å². The van der Waals surface area contributed by atoms with Crippen molar-refractivity contribution < 1.29 is 4.39 Å². The van der Waals surface area contributed by atoms with Crippen LogP contribution in [0.5, 0.6) is 0 Å². The van der Waals surface area contributed by atoms with Crippen LogP contribution in [0.25, 0.3) is 11.0 Å². The molecule has 3 nitrogen and oxygen atoms in total. The number of fused-ring (bicyclic) bond motifs is 1. The predicted octanol–water partition coefficient (Wildman–Crippen LogP) is 1.59. The lowest BCUT2D eigenvalue weighted by atomic mass is 10.1. The third-order valence-electron chi connectivity index (χ3n) is 2.13. The molecule has 0 amide bonds. The van der Waals surface area contributed by atoms with Crippen LogP contribution >= 0.6 is 0 Å². The van der Waals surface area contributed by atoms with Crippen molar-refractivity contribution in [2.24, 2.45) is 5.73 Å². The summed E-state index contributed by atoms with van der Waals surface area (Å²) in [5, 5.41) is 0.822. The van der Waals surface area contributed by atoms with Gasteiger partial charge in [-0.3, -0.25) is 0 Å². The molecule has 0 aliphatic carbocycles. The first-order chi connectivity index (χ1) is 6.66. The molecule has 0 aliphatic heterocycles. The van der Waals surface area contributed by atoms with Crippen molar-refractivity contribution in [3.63, 3.8) is 0 Å². The number of rotatable bonds is 2. The Balaban J connectivity index is 2.50. The molecular weight excluding hydrogens is 181 g/mol. The van der Waals surface area contributed by atoms with Crippen LogP contribution in [0.15, 0.2) is 18.5 Å². The van der Waals surface area contributed by atoms with Gasteiger partial charge in [0, 0.05) is 17.6 Å². The molecule has 4 heteroatoms. The molecular formula is C10H12FN3. The third-order valence-corrected chi connectivity index (χ3v) is 2.13. The molecule has 0 fully saturated rings. The number of aromatic amines is 1. The summed E-state index contributed by atoms with van der Waals surface area (Å²) in [4.78, 5) is 6.92. The van der Waals surface area contributed by atoms with Crippen molar-refractivity contribution in [1.29, 1.82) is 0 Å². The zero-order valence-corrected chi connectivity index (χ0v) is 7.92. The Morgan fingerprint density at radius 2 is 2.43 bits per heavy atom. The summed E-state index contributed by atoms with van der Waals surface area (Å²) in [6.07, 6.45) is 3.76. The molecule has 0 radical (unpaired) electrons. The van der Waals surface area contributed by atoms with Crippen molar-refractivity contribution in [2.45, 2.75) is 19.4 Å². The molecule has 3 N–H and O–H groups in total. The zero-order valence-electron chi connectivity index (χ0n) is 7.92. The minimum Gasteiger partial charge on any atom is -0.346 e. The van der Waals surface area contributed by atoms with Gasteiger partial charge in [-0.05, 0) is 25.0 Å². The van der Waals surface area contributed by atoms with Gasteiger partial charge < -0.3 is 10.7 Å². The molecule has 2 aromatic rings. The minimum atomic E-state index is -0.317. The van der Waals surface area contributed by atoms with Crippen molar-refractivity contribution in [3.05, 3.63) is 29.8 Å². The fourth-order valence-electron chi connectivity index (χ4n) is 1.55. The van der Waals surface area contributed by atoms with Gasteiger partial charge in [-0.25, -0.2) is 9.37 Å². The van der Waals surface area contributed by atoms with Crippen LogP contribution in [0, 0.1) is 5.82 Å². The van der Waals surface area contributed by atoms with E-state index in [4.69, 9.17) is 5.73 Å². The summed E-state index contributed by atoms with van der Waals surface area (Å²) in [5.41, 5.74) is 7.41. The van der Waals surface area contributed by atoms with Crippen molar-refractivity contribution in [3.8, 4) is 0 Å². The number of hydrogen-bond donors (Lipinski definition) is 2. The predicted molar refractivity (Wildman–Crippen MR) is 53.4 cm³/mol. The van der Waals surface area contributed by atoms with Crippen molar-refractivity contribution >= 4 is 11.0 Å². The summed E-state index contributed by atoms with van der Waals surface area (Å²) in [7, 11) is 0. The van der Waals surface area contributed by atoms with Gasteiger partial charge in [0.1, 0.15) is 11.5 Å². The molecule has 0 saturated carbocycles. The second kappa shape index (κ2) is 3.38. The highest BCUT2D eigenvalue weighted by molar-refractivity contribution is 5.79. The van der Waals surface area contributed by atoms with Crippen LogP contribution in [0.4, 0.5) is 4.39 Å². The highest BCUT2D eigenvalue weighted by atomic mass is 19.1. The molecule has 2 aromatic heterocycles. The Hall–Kier alpha value is -1.42. The normalized spacial score (nSPS) is 13.4. The van der Waals surface area contributed by atoms with E-state index in [-0.39, 0.29) is 11.9 Å². The van der Waals surface area contributed by atoms with Gasteiger partial charge >= 0.3 is 0 Å². The second-order valence-corrected chi connectivity index (χ2v) is 3.55. The molecule has 2 heterocycles. The fourth-order valence-corrected chi connectivity index (χ4v) is 1.55. The van der Waals surface area contributed by atoms with E-state index in [0.29, 0.717) is 5.65 Å². The van der Waals surface area contributed by atoms with Gasteiger partial charge in [-0.1, -0.05) is 0 Å². The first-order valence-electron chi connectivity index (χ1n) is 4.54. The lowest BCUT2D eigenvalue weighted by molar-refractivity contribution is 0.624. The fraction of sp³-hybridized carbons (Fsp3) is 0.300. The van der Waals surface area contributed by atoms with Crippen LogP contribution in [-0.4, -0.2) is 16.0 Å². The number of aromatic nitrogens is 2. The van der Waals surface area contributed by atoms with E-state index in [1.807, 2.05) is 13.1 Å². The first kappa shape index (κ1) is 9.15. The molecule has 0 bridgehead atoms. The Morgan fingerprint density at radius 1 is 1.64 bits per heavy atom. The Morgan fingerprint density at radius 3 is 3.14 bits per heavy atom. The van der Waals surface area contributed by atoms with E-state index in [2.05, 4.69) is 9.97 Å². The Kier molecular flexibility index (Phi) is 2.21. The van der Waals surface area contributed by atoms with E-state index in [1.54, 1.807) is 0 Å². The summed E-state index contributed by atoms with van der Waals surface area (Å²) in [6.45, 7) is 1.92. The summed E-state index contributed by atoms with van der Waals surface area (Å²) >= 11 is 0. The SMILES string of the molecule is CC(N)Cc1c[nH]c2ncc(F)cc12. The van der Waals surface area contributed by atoms with Crippen LogP contribution < -0.4 is 5.73 Å². The van der Waals surface area contributed by atoms with E-state index >= 15 is 0 Å². The van der Waals surface area contributed by atoms with E-state index in [0.717, 1.165) is 17.4 Å². The standard InChI is InChI=1S/C10H12FN3/c1-6(12)2-7-4-13-10-9(7)3-8(11)5-14-10/h3-6H,2,12H2,1H3,(H,13,14). The molecule has 74 valence electrons. The quantitative estimate of drug-likeness (QED) is 0.761. The highest BCUT2D eigenvalue weighted by Gasteiger charge is 2.07. The maximum absolute atomic E-state index is 12.9. The number of H-pyrrole nitrogens is 1. The van der Waals surface area contributed by atoms with E-state index in [1.165, 1.54) is 12.3 Å².